The van der Waals surface area contributed by atoms with E-state index in [0.29, 0.717) is 0 Å². The van der Waals surface area contributed by atoms with Gasteiger partial charge in [-0.15, -0.1) is 0 Å². The minimum absolute atomic E-state index is 1.03. The van der Waals surface area contributed by atoms with E-state index in [-0.39, 0.29) is 0 Å². The van der Waals surface area contributed by atoms with Crippen molar-refractivity contribution in [3.8, 4) is 11.1 Å². The molecule has 0 fully saturated rings. The minimum atomic E-state index is 1.03. The predicted octanol–water partition coefficient (Wildman–Crippen LogP) is 3.82. The highest BCUT2D eigenvalue weighted by Crippen LogP contribution is 2.39. The third-order valence-electron chi connectivity index (χ3n) is 2.72. The molecule has 0 aromatic heterocycles. The lowest BCUT2D eigenvalue weighted by Crippen LogP contribution is -1.81. The lowest BCUT2D eigenvalue weighted by atomic mass is 10.1. The molecule has 0 heterocycles. The maximum Gasteiger partial charge on any atom is 0.0295 e. The van der Waals surface area contributed by atoms with E-state index in [0.717, 1.165) is 10.9 Å². The zero-order valence-corrected chi connectivity index (χ0v) is 9.14. The van der Waals surface area contributed by atoms with Crippen molar-refractivity contribution in [2.24, 2.45) is 0 Å². The SMILES string of the molecule is Brc1[c]ccc2c1Cc1ccccc1-2. The summed E-state index contributed by atoms with van der Waals surface area (Å²) in [6.45, 7) is 0. The Morgan fingerprint density at radius 3 is 2.86 bits per heavy atom. The first-order valence-corrected chi connectivity index (χ1v) is 5.43. The first kappa shape index (κ1) is 8.25. The van der Waals surface area contributed by atoms with E-state index in [1.807, 2.05) is 6.07 Å². The van der Waals surface area contributed by atoms with E-state index in [2.05, 4.69) is 52.3 Å². The van der Waals surface area contributed by atoms with Crippen LogP contribution in [0.4, 0.5) is 0 Å². The van der Waals surface area contributed by atoms with Crippen LogP contribution in [0.2, 0.25) is 0 Å². The maximum atomic E-state index is 3.55. The van der Waals surface area contributed by atoms with Crippen LogP contribution in [-0.2, 0) is 6.42 Å². The van der Waals surface area contributed by atoms with Crippen LogP contribution >= 0.6 is 15.9 Å². The number of hydrogen-bond acceptors (Lipinski definition) is 0. The van der Waals surface area contributed by atoms with Crippen LogP contribution in [0.3, 0.4) is 0 Å². The molecule has 0 saturated heterocycles. The molecule has 0 saturated carbocycles. The molecule has 3 rings (SSSR count). The molecule has 0 unspecified atom stereocenters. The Bertz CT molecular complexity index is 500. The van der Waals surface area contributed by atoms with Gasteiger partial charge in [0.15, 0.2) is 0 Å². The first-order chi connectivity index (χ1) is 6.86. The van der Waals surface area contributed by atoms with Crippen LogP contribution in [0.15, 0.2) is 40.9 Å². The molecule has 14 heavy (non-hydrogen) atoms. The van der Waals surface area contributed by atoms with Crippen molar-refractivity contribution < 1.29 is 0 Å². The zero-order valence-electron chi connectivity index (χ0n) is 7.55. The van der Waals surface area contributed by atoms with E-state index in [1.54, 1.807) is 0 Å². The lowest BCUT2D eigenvalue weighted by Gasteiger charge is -2.00. The Morgan fingerprint density at radius 2 is 1.93 bits per heavy atom. The average molecular weight is 244 g/mol. The van der Waals surface area contributed by atoms with Crippen molar-refractivity contribution in [3.05, 3.63) is 58.1 Å². The van der Waals surface area contributed by atoms with Crippen molar-refractivity contribution in [2.75, 3.05) is 0 Å². The molecule has 67 valence electrons. The second-order valence-electron chi connectivity index (χ2n) is 3.52. The van der Waals surface area contributed by atoms with Gasteiger partial charge in [0.05, 0.1) is 0 Å². The molecular formula is C13H8Br. The van der Waals surface area contributed by atoms with E-state index in [1.165, 1.54) is 22.3 Å². The Hall–Kier alpha value is -1.08. The van der Waals surface area contributed by atoms with Crippen molar-refractivity contribution >= 4 is 15.9 Å². The molecule has 0 aliphatic heterocycles. The summed E-state index contributed by atoms with van der Waals surface area (Å²) in [5.41, 5.74) is 5.51. The van der Waals surface area contributed by atoms with Gasteiger partial charge in [-0.1, -0.05) is 36.4 Å². The standard InChI is InChI=1S/C13H8Br/c14-13-7-3-6-11-10-5-2-1-4-9(10)8-12(11)13/h1-6H,8H2. The largest absolute Gasteiger partial charge is 0.0619 e. The van der Waals surface area contributed by atoms with Crippen molar-refractivity contribution in [2.45, 2.75) is 6.42 Å². The van der Waals surface area contributed by atoms with Gasteiger partial charge in [-0.3, -0.25) is 0 Å². The Balaban J connectivity index is 2.33. The van der Waals surface area contributed by atoms with Crippen LogP contribution in [0.25, 0.3) is 11.1 Å². The van der Waals surface area contributed by atoms with Crippen molar-refractivity contribution in [3.63, 3.8) is 0 Å². The maximum absolute atomic E-state index is 3.55. The molecule has 2 aromatic rings. The number of halogens is 1. The molecule has 0 N–H and O–H groups in total. The molecule has 1 aliphatic carbocycles. The first-order valence-electron chi connectivity index (χ1n) is 4.63. The van der Waals surface area contributed by atoms with Gasteiger partial charge >= 0.3 is 0 Å². The molecule has 0 spiro atoms. The third-order valence-corrected chi connectivity index (χ3v) is 3.43. The zero-order chi connectivity index (χ0) is 9.54. The molecule has 0 nitrogen and oxygen atoms in total. The smallest absolute Gasteiger partial charge is 0.0295 e. The van der Waals surface area contributed by atoms with Crippen LogP contribution in [0.1, 0.15) is 11.1 Å². The Labute approximate surface area is 91.7 Å². The average Bonchev–Trinajstić information content (AvgIpc) is 2.59. The minimum Gasteiger partial charge on any atom is -0.0619 e. The summed E-state index contributed by atoms with van der Waals surface area (Å²) in [7, 11) is 0. The van der Waals surface area contributed by atoms with Crippen molar-refractivity contribution in [1.82, 2.24) is 0 Å². The number of fused-ring (bicyclic) bond motifs is 3. The van der Waals surface area contributed by atoms with Crippen LogP contribution in [-0.4, -0.2) is 0 Å². The highest BCUT2D eigenvalue weighted by atomic mass is 79.9. The van der Waals surface area contributed by atoms with E-state index in [9.17, 15) is 0 Å². The molecule has 1 aliphatic rings. The summed E-state index contributed by atoms with van der Waals surface area (Å²) >= 11 is 3.55. The summed E-state index contributed by atoms with van der Waals surface area (Å²) in [5.74, 6) is 0. The van der Waals surface area contributed by atoms with Gasteiger partial charge in [-0.2, -0.15) is 0 Å². The van der Waals surface area contributed by atoms with Crippen LogP contribution in [0.5, 0.6) is 0 Å². The number of benzene rings is 2. The van der Waals surface area contributed by atoms with Gasteiger partial charge in [0.1, 0.15) is 0 Å². The number of rotatable bonds is 0. The fourth-order valence-corrected chi connectivity index (χ4v) is 2.54. The van der Waals surface area contributed by atoms with Crippen LogP contribution in [0, 0.1) is 6.07 Å². The van der Waals surface area contributed by atoms with Gasteiger partial charge in [0.25, 0.3) is 0 Å². The lowest BCUT2D eigenvalue weighted by molar-refractivity contribution is 1.24. The van der Waals surface area contributed by atoms with Gasteiger partial charge in [0.2, 0.25) is 0 Å². The summed E-state index contributed by atoms with van der Waals surface area (Å²) in [5, 5.41) is 0. The van der Waals surface area contributed by atoms with E-state index >= 15 is 0 Å². The van der Waals surface area contributed by atoms with E-state index in [4.69, 9.17) is 0 Å². The van der Waals surface area contributed by atoms with Gasteiger partial charge in [-0.25, -0.2) is 0 Å². The summed E-state index contributed by atoms with van der Waals surface area (Å²) in [4.78, 5) is 0. The van der Waals surface area contributed by atoms with Crippen LogP contribution < -0.4 is 0 Å². The topological polar surface area (TPSA) is 0 Å². The van der Waals surface area contributed by atoms with Gasteiger partial charge in [-0.05, 0) is 50.7 Å². The highest BCUT2D eigenvalue weighted by molar-refractivity contribution is 9.10. The fraction of sp³-hybridized carbons (Fsp3) is 0.0769. The molecule has 0 bridgehead atoms. The summed E-state index contributed by atoms with van der Waals surface area (Å²) in [6.07, 6.45) is 1.03. The second kappa shape index (κ2) is 2.96. The Kier molecular flexibility index (Phi) is 1.74. The summed E-state index contributed by atoms with van der Waals surface area (Å²) < 4.78 is 1.10. The normalized spacial score (nSPS) is 12.4. The predicted molar refractivity (Wildman–Crippen MR) is 61.2 cm³/mol. The number of hydrogen-bond donors (Lipinski definition) is 0. The Morgan fingerprint density at radius 1 is 1.07 bits per heavy atom. The second-order valence-corrected chi connectivity index (χ2v) is 4.31. The molecule has 1 heteroatoms. The molecule has 1 radical (unpaired) electrons. The van der Waals surface area contributed by atoms with E-state index < -0.39 is 0 Å². The van der Waals surface area contributed by atoms with Gasteiger partial charge < -0.3 is 0 Å². The fourth-order valence-electron chi connectivity index (χ4n) is 2.06. The molecule has 0 atom stereocenters. The third kappa shape index (κ3) is 1.05. The monoisotopic (exact) mass is 243 g/mol. The quantitative estimate of drug-likeness (QED) is 0.564. The van der Waals surface area contributed by atoms with Gasteiger partial charge in [0, 0.05) is 4.47 Å². The summed E-state index contributed by atoms with van der Waals surface area (Å²) in [6, 6.07) is 15.9. The molecular weight excluding hydrogens is 236 g/mol. The van der Waals surface area contributed by atoms with Crippen molar-refractivity contribution in [1.29, 1.82) is 0 Å². The molecule has 0 amide bonds. The highest BCUT2D eigenvalue weighted by Gasteiger charge is 2.18. The molecule has 2 aromatic carbocycles.